The highest BCUT2D eigenvalue weighted by Gasteiger charge is 2.57. The zero-order valence-electron chi connectivity index (χ0n) is 19.5. The lowest BCUT2D eigenvalue weighted by Gasteiger charge is -2.50. The van der Waals surface area contributed by atoms with Crippen LogP contribution in [0, 0.1) is 0 Å². The lowest BCUT2D eigenvalue weighted by atomic mass is 10.4. The fraction of sp³-hybridized carbons (Fsp3) is 0.143. The van der Waals surface area contributed by atoms with Gasteiger partial charge in [0.05, 0.1) is 30.8 Å². The van der Waals surface area contributed by atoms with E-state index in [-0.39, 0.29) is 0 Å². The molecule has 0 N–H and O–H groups in total. The molecule has 0 aliphatic heterocycles. The maximum absolute atomic E-state index is 2.75. The first kappa shape index (κ1) is 22.9. The first-order chi connectivity index (χ1) is 15.5. The van der Waals surface area contributed by atoms with E-state index in [0.29, 0.717) is 0 Å². The van der Waals surface area contributed by atoms with E-state index < -0.39 is 30.8 Å². The second-order valence-electron chi connectivity index (χ2n) is 8.96. The van der Waals surface area contributed by atoms with Crippen LogP contribution in [0.5, 0.6) is 0 Å². The van der Waals surface area contributed by atoms with Gasteiger partial charge < -0.3 is 0 Å². The van der Waals surface area contributed by atoms with Gasteiger partial charge >= 0.3 is 0 Å². The van der Waals surface area contributed by atoms with Crippen molar-refractivity contribution in [2.75, 3.05) is 0 Å². The molecular weight excluding hydrogens is 449 g/mol. The van der Waals surface area contributed by atoms with Gasteiger partial charge in [-0.25, -0.2) is 0 Å². The minimum absolute atomic E-state index is 0.786. The summed E-state index contributed by atoms with van der Waals surface area (Å²) in [5.74, 6) is 0. The number of rotatable bonds is 7. The van der Waals surface area contributed by atoms with Gasteiger partial charge in [-0.05, 0) is 0 Å². The van der Waals surface area contributed by atoms with E-state index in [9.17, 15) is 0 Å². The van der Waals surface area contributed by atoms with E-state index in [4.69, 9.17) is 0 Å². The van der Waals surface area contributed by atoms with E-state index in [0.717, 1.165) is 0 Å². The summed E-state index contributed by atoms with van der Waals surface area (Å²) in [4.78, 5) is 0. The standard InChI is InChI=1S/C28H32Si4/c1-29(25-17-9-5-10-18-25)31(3,27-21-13-7-14-22-27)32(4,28-23-15-8-16-24-28)30(2)26-19-11-6-12-20-26/h5-24H,1-4H3. The Bertz CT molecular complexity index is 1030. The molecule has 4 aromatic carbocycles. The molecule has 0 heterocycles. The summed E-state index contributed by atoms with van der Waals surface area (Å²) in [7, 11) is -5.42. The molecule has 0 aromatic heterocycles. The summed E-state index contributed by atoms with van der Waals surface area (Å²) >= 11 is 0. The van der Waals surface area contributed by atoms with E-state index in [2.05, 4.69) is 148 Å². The minimum Gasteiger partial charge on any atom is -0.0688 e. The Kier molecular flexibility index (Phi) is 6.95. The lowest BCUT2D eigenvalue weighted by Crippen LogP contribution is -2.87. The van der Waals surface area contributed by atoms with Crippen molar-refractivity contribution in [2.24, 2.45) is 0 Å². The Hall–Kier alpha value is -2.25. The molecule has 2 radical (unpaired) electrons. The van der Waals surface area contributed by atoms with Gasteiger partial charge in [-0.2, -0.15) is 0 Å². The molecule has 160 valence electrons. The van der Waals surface area contributed by atoms with Crippen molar-refractivity contribution >= 4 is 51.6 Å². The third kappa shape index (κ3) is 3.97. The molecule has 0 saturated heterocycles. The van der Waals surface area contributed by atoms with Crippen molar-refractivity contribution in [1.29, 1.82) is 0 Å². The molecule has 4 rings (SSSR count). The van der Waals surface area contributed by atoms with Crippen LogP contribution >= 0.6 is 0 Å². The van der Waals surface area contributed by atoms with Crippen molar-refractivity contribution in [3.05, 3.63) is 121 Å². The first-order valence-electron chi connectivity index (χ1n) is 11.4. The van der Waals surface area contributed by atoms with Crippen molar-refractivity contribution < 1.29 is 0 Å². The van der Waals surface area contributed by atoms with Gasteiger partial charge in [0.2, 0.25) is 0 Å². The zero-order chi connectivity index (χ0) is 22.6. The van der Waals surface area contributed by atoms with E-state index in [1.54, 1.807) is 20.7 Å². The third-order valence-corrected chi connectivity index (χ3v) is 56.2. The summed E-state index contributed by atoms with van der Waals surface area (Å²) in [6.45, 7) is 10.7. The molecule has 4 heteroatoms. The average molecular weight is 481 g/mol. The highest BCUT2D eigenvalue weighted by molar-refractivity contribution is 7.86. The molecule has 4 aromatic rings. The molecule has 0 saturated carbocycles. The molecule has 32 heavy (non-hydrogen) atoms. The molecule has 0 nitrogen and oxygen atoms in total. The number of hydrogen-bond acceptors (Lipinski definition) is 0. The lowest BCUT2D eigenvalue weighted by molar-refractivity contribution is 1.71. The molecule has 0 aliphatic carbocycles. The van der Waals surface area contributed by atoms with E-state index in [1.165, 1.54) is 0 Å². The topological polar surface area (TPSA) is 0 Å². The Morgan fingerprint density at radius 1 is 0.406 bits per heavy atom. The largest absolute Gasteiger partial charge is 0.0773 e. The van der Waals surface area contributed by atoms with Gasteiger partial charge in [0.25, 0.3) is 0 Å². The molecule has 0 fully saturated rings. The highest BCUT2D eigenvalue weighted by atomic mass is 29.8. The van der Waals surface area contributed by atoms with Crippen LogP contribution in [0.3, 0.4) is 0 Å². The summed E-state index contributed by atoms with van der Waals surface area (Å²) in [6.07, 6.45) is 0. The van der Waals surface area contributed by atoms with Gasteiger partial charge in [0.1, 0.15) is 0 Å². The van der Waals surface area contributed by atoms with Crippen LogP contribution in [0.15, 0.2) is 121 Å². The maximum Gasteiger partial charge on any atom is 0.0773 e. The van der Waals surface area contributed by atoms with Crippen molar-refractivity contribution in [3.63, 3.8) is 0 Å². The van der Waals surface area contributed by atoms with Gasteiger partial charge in [0, 0.05) is 0 Å². The molecular formula is C28H32Si4. The normalized spacial score (nSPS) is 15.3. The predicted molar refractivity (Wildman–Crippen MR) is 151 cm³/mol. The number of benzene rings is 4. The molecule has 2 unspecified atom stereocenters. The summed E-state index contributed by atoms with van der Waals surface area (Å²) in [6, 6.07) is 46.1. The molecule has 0 bridgehead atoms. The van der Waals surface area contributed by atoms with Crippen molar-refractivity contribution in [3.8, 4) is 0 Å². The van der Waals surface area contributed by atoms with Crippen LogP contribution < -0.4 is 20.7 Å². The van der Waals surface area contributed by atoms with Crippen LogP contribution in [-0.2, 0) is 0 Å². The molecule has 0 spiro atoms. The Balaban J connectivity index is 2.02. The van der Waals surface area contributed by atoms with Crippen LogP contribution in [0.25, 0.3) is 0 Å². The minimum atomic E-state index is -1.92. The summed E-state index contributed by atoms with van der Waals surface area (Å²) in [5, 5.41) is 6.48. The molecule has 0 aliphatic rings. The van der Waals surface area contributed by atoms with Crippen molar-refractivity contribution in [1.82, 2.24) is 0 Å². The van der Waals surface area contributed by atoms with Crippen LogP contribution in [0.2, 0.25) is 26.2 Å². The highest BCUT2D eigenvalue weighted by Crippen LogP contribution is 2.26. The van der Waals surface area contributed by atoms with Gasteiger partial charge in [-0.1, -0.05) is 168 Å². The second-order valence-corrected chi connectivity index (χ2v) is 37.8. The zero-order valence-corrected chi connectivity index (χ0v) is 23.5. The predicted octanol–water partition coefficient (Wildman–Crippen LogP) is 4.26. The molecule has 0 amide bonds. The van der Waals surface area contributed by atoms with E-state index in [1.807, 2.05) is 0 Å². The fourth-order valence-corrected chi connectivity index (χ4v) is 58.9. The van der Waals surface area contributed by atoms with Gasteiger partial charge in [-0.3, -0.25) is 0 Å². The average Bonchev–Trinajstić information content (AvgIpc) is 2.88. The quantitative estimate of drug-likeness (QED) is 0.347. The molecule has 2 atom stereocenters. The Morgan fingerprint density at radius 2 is 0.656 bits per heavy atom. The van der Waals surface area contributed by atoms with Crippen LogP contribution in [0.1, 0.15) is 0 Å². The monoisotopic (exact) mass is 480 g/mol. The van der Waals surface area contributed by atoms with Crippen LogP contribution in [0.4, 0.5) is 0 Å². The SMILES string of the molecule is C[Si](c1ccccc1)[Si](C)(c1ccccc1)[Si](C)(c1ccccc1)[Si](C)c1ccccc1. The van der Waals surface area contributed by atoms with Gasteiger partial charge in [-0.15, -0.1) is 0 Å². The summed E-state index contributed by atoms with van der Waals surface area (Å²) < 4.78 is 0. The fourth-order valence-electron chi connectivity index (χ4n) is 5.26. The third-order valence-electron chi connectivity index (χ3n) is 7.62. The summed E-state index contributed by atoms with van der Waals surface area (Å²) in [5.41, 5.74) is 0. The Morgan fingerprint density at radius 3 is 0.938 bits per heavy atom. The first-order valence-corrected chi connectivity index (χ1v) is 23.4. The van der Waals surface area contributed by atoms with Crippen LogP contribution in [-0.4, -0.2) is 30.8 Å². The van der Waals surface area contributed by atoms with E-state index >= 15 is 0 Å². The van der Waals surface area contributed by atoms with Crippen molar-refractivity contribution in [2.45, 2.75) is 26.2 Å². The maximum atomic E-state index is 2.75. The smallest absolute Gasteiger partial charge is 0.0688 e. The Labute approximate surface area is 198 Å². The van der Waals surface area contributed by atoms with Gasteiger partial charge in [0.15, 0.2) is 0 Å². The number of hydrogen-bond donors (Lipinski definition) is 0. The second kappa shape index (κ2) is 9.71.